The third kappa shape index (κ3) is 15.4. The molecule has 1 aromatic carbocycles. The zero-order chi connectivity index (χ0) is 54.2. The van der Waals surface area contributed by atoms with Gasteiger partial charge in [0.2, 0.25) is 5.91 Å². The molecule has 4 aliphatic heterocycles. The highest BCUT2D eigenvalue weighted by Gasteiger charge is 2.53. The number of hydrogen-bond donors (Lipinski definition) is 7. The predicted molar refractivity (Wildman–Crippen MR) is 271 cm³/mol. The van der Waals surface area contributed by atoms with Crippen LogP contribution in [-0.2, 0) is 44.6 Å². The zero-order valence-corrected chi connectivity index (χ0v) is 45.9. The number of unbranched alkanes of at least 4 members (excludes halogenated alkanes) is 3. The number of amides is 1. The molecule has 19 atom stereocenters. The van der Waals surface area contributed by atoms with E-state index in [1.807, 2.05) is 63.0 Å². The molecule has 0 radical (unpaired) electrons. The summed E-state index contributed by atoms with van der Waals surface area (Å²) in [7, 11) is 5.30. The van der Waals surface area contributed by atoms with E-state index in [1.165, 1.54) is 14.0 Å². The number of rotatable bonds is 17. The van der Waals surface area contributed by atoms with Crippen molar-refractivity contribution in [2.75, 3.05) is 40.8 Å². The summed E-state index contributed by atoms with van der Waals surface area (Å²) >= 11 is 0. The van der Waals surface area contributed by atoms with Crippen molar-refractivity contribution < 1.29 is 68.8 Å². The van der Waals surface area contributed by atoms with Gasteiger partial charge in [0.05, 0.1) is 48.1 Å². The van der Waals surface area contributed by atoms with E-state index in [4.69, 9.17) is 33.6 Å². The van der Waals surface area contributed by atoms with Crippen molar-refractivity contribution in [1.82, 2.24) is 20.3 Å². The van der Waals surface area contributed by atoms with E-state index in [1.54, 1.807) is 47.0 Å². The molecule has 7 N–H and O–H groups in total. The molecule has 1 unspecified atom stereocenters. The quantitative estimate of drug-likeness (QED) is 0.0485. The lowest BCUT2D eigenvalue weighted by molar-refractivity contribution is -0.318. The minimum absolute atomic E-state index is 0.0988. The van der Waals surface area contributed by atoms with Crippen molar-refractivity contribution in [3.05, 3.63) is 35.4 Å². The first-order valence-corrected chi connectivity index (χ1v) is 26.7. The van der Waals surface area contributed by atoms with Gasteiger partial charge in [-0.1, -0.05) is 63.1 Å². The summed E-state index contributed by atoms with van der Waals surface area (Å²) in [5, 5.41) is 79.6. The molecule has 0 aliphatic carbocycles. The summed E-state index contributed by atoms with van der Waals surface area (Å²) < 4.78 is 38.4. The largest absolute Gasteiger partial charge is 0.459 e. The van der Waals surface area contributed by atoms with Gasteiger partial charge in [0.25, 0.3) is 0 Å². The van der Waals surface area contributed by atoms with E-state index in [-0.39, 0.29) is 43.2 Å². The summed E-state index contributed by atoms with van der Waals surface area (Å²) in [6.45, 7) is 19.9. The molecule has 0 spiro atoms. The number of ether oxygens (including phenoxy) is 6. The van der Waals surface area contributed by atoms with Gasteiger partial charge in [-0.25, -0.2) is 5.48 Å². The molecular weight excluding hydrogens is 945 g/mol. The van der Waals surface area contributed by atoms with Crippen LogP contribution in [0.4, 0.5) is 0 Å². The van der Waals surface area contributed by atoms with Gasteiger partial charge >= 0.3 is 5.97 Å². The summed E-state index contributed by atoms with van der Waals surface area (Å²) in [4.78, 5) is 29.8. The smallest absolute Gasteiger partial charge is 0.311 e. The maximum absolute atomic E-state index is 14.5. The fourth-order valence-corrected chi connectivity index (χ4v) is 11.7. The van der Waals surface area contributed by atoms with Gasteiger partial charge in [-0.3, -0.25) is 24.7 Å². The Kier molecular flexibility index (Phi) is 22.0. The highest BCUT2D eigenvalue weighted by atomic mass is 16.7. The molecule has 3 fully saturated rings. The van der Waals surface area contributed by atoms with Crippen LogP contribution < -0.4 is 5.48 Å². The van der Waals surface area contributed by atoms with E-state index >= 15 is 0 Å². The lowest BCUT2D eigenvalue weighted by atomic mass is 9.77. The van der Waals surface area contributed by atoms with Crippen LogP contribution in [-0.4, -0.2) is 189 Å². The number of benzene rings is 1. The highest BCUT2D eigenvalue weighted by molar-refractivity contribution is 5.74. The van der Waals surface area contributed by atoms with Crippen LogP contribution in [0.2, 0.25) is 0 Å². The van der Waals surface area contributed by atoms with Crippen LogP contribution in [0.3, 0.4) is 0 Å². The third-order valence-electron chi connectivity index (χ3n) is 16.3. The molecule has 5 rings (SSSR count). The summed E-state index contributed by atoms with van der Waals surface area (Å²) in [5.74, 6) is -3.17. The standard InChI is InChI=1S/C53H92N6O14/c1-14-41-53(10,66)46(62)35(6)57(11)28-31(2)26-51(8,65)48(33(4)45(34(5)49(64)71-41)72-43-27-52(9,68-13)47(63)36(7)70-43)73-50-44(61)40(24-32(3)69-50)58(12)29-37-20-19-21-38(25-37)39-30-59(56-54-39)23-18-16-15-17-22-42(60)55-67/h19-21,25,31-36,39-41,43-48,50,61-63,65-67H,14-18,22-24,26-30H2,1-13H3,(H,55,60)/t31-,32-,33+,34-,35-,36+,39?,40+,41-,43+,44+,45+,46-,47+,48-,50+,51-,52-,53-/m1/s1. The number of cyclic esters (lactones) is 1. The van der Waals surface area contributed by atoms with Crippen molar-refractivity contribution in [1.29, 1.82) is 0 Å². The molecule has 4 aliphatic rings. The maximum atomic E-state index is 14.5. The number of carbonyl (C=O) groups is 2. The fraction of sp³-hybridized carbons (Fsp3) is 0.849. The van der Waals surface area contributed by atoms with Gasteiger partial charge in [-0.05, 0) is 112 Å². The molecule has 20 heteroatoms. The van der Waals surface area contributed by atoms with Gasteiger partial charge in [-0.2, -0.15) is 5.11 Å². The first-order chi connectivity index (χ1) is 34.3. The lowest BCUT2D eigenvalue weighted by Crippen LogP contribution is -2.60. The number of aliphatic hydroxyl groups is 5. The van der Waals surface area contributed by atoms with Gasteiger partial charge in [0.1, 0.15) is 36.1 Å². The Morgan fingerprint density at radius 2 is 1.66 bits per heavy atom. The van der Waals surface area contributed by atoms with Crippen molar-refractivity contribution in [2.45, 2.75) is 230 Å². The first kappa shape index (κ1) is 60.9. The number of methoxy groups -OCH3 is 1. The van der Waals surface area contributed by atoms with Crippen molar-refractivity contribution >= 4 is 11.9 Å². The van der Waals surface area contributed by atoms with E-state index in [2.05, 4.69) is 21.3 Å². The second-order valence-electron chi connectivity index (χ2n) is 22.7. The topological polar surface area (TPSA) is 257 Å². The first-order valence-electron chi connectivity index (χ1n) is 26.7. The number of hydroxylamine groups is 1. The van der Waals surface area contributed by atoms with E-state index < -0.39 is 102 Å². The van der Waals surface area contributed by atoms with Gasteiger partial charge < -0.3 is 58.9 Å². The molecule has 4 heterocycles. The summed E-state index contributed by atoms with van der Waals surface area (Å²) in [6, 6.07) is 7.07. The van der Waals surface area contributed by atoms with Crippen LogP contribution in [0.5, 0.6) is 0 Å². The Bertz CT molecular complexity index is 1930. The minimum atomic E-state index is -1.84. The van der Waals surface area contributed by atoms with E-state index in [0.29, 0.717) is 38.9 Å². The Hall–Kier alpha value is -2.96. The molecule has 1 amide bonds. The monoisotopic (exact) mass is 1040 g/mol. The normalized spacial score (nSPS) is 40.5. The SMILES string of the molecule is CC[C@H]1OC(=O)[C@H](C)[C@@H](O[C@H]2C[C@@](C)(OC)[C@@H](O)[C@H](C)O2)[C@H](C)[C@@H](O[C@@H]2O[C@H](C)C[C@H](N(C)Cc3cccc(C4CN(CCCCCCC(=O)NO)N=N4)c3)[C@@H]2O)[C@](C)(O)C[C@@H](C)CN(C)[C@H](C)[C@@H](O)[C@]1(C)O. The molecule has 20 nitrogen and oxygen atoms in total. The molecule has 73 heavy (non-hydrogen) atoms. The number of hydrogen-bond acceptors (Lipinski definition) is 19. The number of nitrogens with one attached hydrogen (secondary N) is 1. The number of esters is 1. The van der Waals surface area contributed by atoms with Crippen LogP contribution in [0, 0.1) is 17.8 Å². The van der Waals surface area contributed by atoms with Crippen LogP contribution in [0.15, 0.2) is 34.6 Å². The summed E-state index contributed by atoms with van der Waals surface area (Å²) in [5.41, 5.74) is -0.821. The van der Waals surface area contributed by atoms with Crippen LogP contribution in [0.1, 0.15) is 144 Å². The van der Waals surface area contributed by atoms with Crippen molar-refractivity contribution in [2.24, 2.45) is 28.1 Å². The second-order valence-corrected chi connectivity index (χ2v) is 22.7. The molecule has 3 saturated heterocycles. The van der Waals surface area contributed by atoms with Crippen molar-refractivity contribution in [3.63, 3.8) is 0 Å². The fourth-order valence-electron chi connectivity index (χ4n) is 11.7. The highest BCUT2D eigenvalue weighted by Crippen LogP contribution is 2.41. The van der Waals surface area contributed by atoms with Crippen LogP contribution >= 0.6 is 0 Å². The second kappa shape index (κ2) is 26.4. The van der Waals surface area contributed by atoms with Crippen LogP contribution in [0.25, 0.3) is 0 Å². The maximum Gasteiger partial charge on any atom is 0.311 e. The van der Waals surface area contributed by atoms with E-state index in [0.717, 1.165) is 36.9 Å². The molecule has 0 saturated carbocycles. The third-order valence-corrected chi connectivity index (χ3v) is 16.3. The van der Waals surface area contributed by atoms with Crippen molar-refractivity contribution in [3.8, 4) is 0 Å². The number of nitrogens with zero attached hydrogens (tertiary/aromatic N) is 5. The Morgan fingerprint density at radius 1 is 0.959 bits per heavy atom. The Balaban J connectivity index is 1.40. The van der Waals surface area contributed by atoms with Gasteiger partial charge in [0, 0.05) is 57.6 Å². The van der Waals surface area contributed by atoms with E-state index in [9.17, 15) is 35.1 Å². The zero-order valence-electron chi connectivity index (χ0n) is 45.9. The number of likely N-dealkylation sites (N-methyl/N-ethyl adjacent to an activating group) is 2. The minimum Gasteiger partial charge on any atom is -0.459 e. The molecular formula is C53H92N6O14. The van der Waals surface area contributed by atoms with Gasteiger partial charge in [-0.15, -0.1) is 0 Å². The average molecular weight is 1040 g/mol. The molecule has 0 aromatic heterocycles. The summed E-state index contributed by atoms with van der Waals surface area (Å²) in [6.07, 6.45) is -5.37. The number of aliphatic hydroxyl groups excluding tert-OH is 3. The molecule has 418 valence electrons. The lowest BCUT2D eigenvalue weighted by Gasteiger charge is -2.49. The predicted octanol–water partition coefficient (Wildman–Crippen LogP) is 4.65. The molecule has 0 bridgehead atoms. The Labute approximate surface area is 434 Å². The van der Waals surface area contributed by atoms with Gasteiger partial charge in [0.15, 0.2) is 12.6 Å². The number of carbonyl (C=O) groups excluding carboxylic acids is 2. The average Bonchev–Trinajstić information content (AvgIpc) is 3.82. The molecule has 1 aromatic rings. The Morgan fingerprint density at radius 3 is 2.33 bits per heavy atom.